The van der Waals surface area contributed by atoms with Crippen molar-refractivity contribution in [2.75, 3.05) is 11.9 Å². The van der Waals surface area contributed by atoms with Crippen LogP contribution in [0.3, 0.4) is 0 Å². The fraction of sp³-hybridized carbons (Fsp3) is 0.250. The predicted molar refractivity (Wildman–Crippen MR) is 107 cm³/mol. The zero-order chi connectivity index (χ0) is 18.6. The summed E-state index contributed by atoms with van der Waals surface area (Å²) in [5.41, 5.74) is 1.73. The van der Waals surface area contributed by atoms with Crippen LogP contribution in [-0.2, 0) is 17.8 Å². The number of nitrogens with one attached hydrogen (secondary N) is 1. The third-order valence-corrected chi connectivity index (χ3v) is 4.94. The van der Waals surface area contributed by atoms with E-state index in [1.54, 1.807) is 0 Å². The maximum absolute atomic E-state index is 12.0. The highest BCUT2D eigenvalue weighted by atomic mass is 79.9. The van der Waals surface area contributed by atoms with E-state index in [9.17, 15) is 4.79 Å². The molecule has 1 aliphatic heterocycles. The minimum atomic E-state index is -0.205. The van der Waals surface area contributed by atoms with Crippen LogP contribution < -0.4 is 10.1 Å². The highest BCUT2D eigenvalue weighted by molar-refractivity contribution is 9.10. The van der Waals surface area contributed by atoms with Gasteiger partial charge in [0.2, 0.25) is 0 Å². The molecular weight excluding hydrogens is 408 g/mol. The van der Waals surface area contributed by atoms with Crippen molar-refractivity contribution in [1.82, 2.24) is 14.8 Å². The molecule has 1 N–H and O–H groups in total. The van der Waals surface area contributed by atoms with Crippen molar-refractivity contribution in [2.24, 2.45) is 0 Å². The van der Waals surface area contributed by atoms with Crippen molar-refractivity contribution in [2.45, 2.75) is 25.8 Å². The number of hydrogen-bond acceptors (Lipinski definition) is 4. The number of carbonyl (C=O) groups is 1. The molecular formula is C20H19BrN4O2. The molecule has 7 heteroatoms. The average molecular weight is 427 g/mol. The number of aromatic nitrogens is 3. The lowest BCUT2D eigenvalue weighted by Crippen LogP contribution is -2.20. The van der Waals surface area contributed by atoms with E-state index in [0.29, 0.717) is 5.75 Å². The van der Waals surface area contributed by atoms with Crippen LogP contribution in [-0.4, -0.2) is 27.3 Å². The summed E-state index contributed by atoms with van der Waals surface area (Å²) in [4.78, 5) is 12.0. The summed E-state index contributed by atoms with van der Waals surface area (Å²) >= 11 is 3.38. The molecule has 0 bridgehead atoms. The quantitative estimate of drug-likeness (QED) is 0.667. The zero-order valence-corrected chi connectivity index (χ0v) is 16.3. The predicted octanol–water partition coefficient (Wildman–Crippen LogP) is 4.06. The Balaban J connectivity index is 1.37. The number of nitrogens with zero attached hydrogens (tertiary/aromatic N) is 3. The number of amides is 1. The van der Waals surface area contributed by atoms with Gasteiger partial charge in [-0.05, 0) is 55.3 Å². The highest BCUT2D eigenvalue weighted by Gasteiger charge is 2.16. The summed E-state index contributed by atoms with van der Waals surface area (Å²) < 4.78 is 8.68. The van der Waals surface area contributed by atoms with Crippen LogP contribution in [0.4, 0.5) is 5.69 Å². The van der Waals surface area contributed by atoms with Crippen LogP contribution >= 0.6 is 15.9 Å². The summed E-state index contributed by atoms with van der Waals surface area (Å²) in [5.74, 6) is 2.38. The van der Waals surface area contributed by atoms with Gasteiger partial charge in [-0.2, -0.15) is 0 Å². The molecule has 0 radical (unpaired) electrons. The van der Waals surface area contributed by atoms with Crippen molar-refractivity contribution in [1.29, 1.82) is 0 Å². The molecule has 6 nitrogen and oxygen atoms in total. The summed E-state index contributed by atoms with van der Waals surface area (Å²) in [5, 5.41) is 11.4. The molecule has 2 heterocycles. The number of hydrogen-bond donors (Lipinski definition) is 1. The van der Waals surface area contributed by atoms with E-state index in [4.69, 9.17) is 4.74 Å². The summed E-state index contributed by atoms with van der Waals surface area (Å²) in [6.07, 6.45) is 3.32. The summed E-state index contributed by atoms with van der Waals surface area (Å²) in [7, 11) is 0. The Morgan fingerprint density at radius 2 is 2.00 bits per heavy atom. The van der Waals surface area contributed by atoms with Crippen LogP contribution in [0.15, 0.2) is 53.0 Å². The minimum Gasteiger partial charge on any atom is -0.484 e. The second-order valence-corrected chi connectivity index (χ2v) is 7.34. The zero-order valence-electron chi connectivity index (χ0n) is 14.7. The number of rotatable bonds is 5. The molecule has 4 rings (SSSR count). The average Bonchev–Trinajstić information content (AvgIpc) is 3.11. The molecule has 138 valence electrons. The number of anilines is 1. The first-order valence-corrected chi connectivity index (χ1v) is 9.69. The molecule has 27 heavy (non-hydrogen) atoms. The van der Waals surface area contributed by atoms with Crippen molar-refractivity contribution in [3.63, 3.8) is 0 Å². The summed E-state index contributed by atoms with van der Waals surface area (Å²) in [6, 6.07) is 15.0. The van der Waals surface area contributed by atoms with E-state index < -0.39 is 0 Å². The second-order valence-electron chi connectivity index (χ2n) is 6.42. The molecule has 1 aromatic heterocycles. The topological polar surface area (TPSA) is 69.0 Å². The van der Waals surface area contributed by atoms with Crippen LogP contribution in [0.2, 0.25) is 0 Å². The second kappa shape index (κ2) is 7.92. The van der Waals surface area contributed by atoms with Gasteiger partial charge < -0.3 is 14.6 Å². The lowest BCUT2D eigenvalue weighted by molar-refractivity contribution is -0.118. The van der Waals surface area contributed by atoms with Crippen molar-refractivity contribution < 1.29 is 9.53 Å². The molecule has 0 atom stereocenters. The number of halogens is 1. The van der Waals surface area contributed by atoms with Gasteiger partial charge in [-0.3, -0.25) is 4.79 Å². The number of benzene rings is 2. The maximum atomic E-state index is 12.0. The Labute approximate surface area is 165 Å². The van der Waals surface area contributed by atoms with Gasteiger partial charge in [0.25, 0.3) is 5.91 Å². The van der Waals surface area contributed by atoms with Crippen molar-refractivity contribution in [3.05, 3.63) is 58.8 Å². The molecule has 2 aromatic carbocycles. The van der Waals surface area contributed by atoms with Gasteiger partial charge in [0.15, 0.2) is 12.4 Å². The van der Waals surface area contributed by atoms with Gasteiger partial charge >= 0.3 is 0 Å². The highest BCUT2D eigenvalue weighted by Crippen LogP contribution is 2.25. The van der Waals surface area contributed by atoms with Gasteiger partial charge in [0.05, 0.1) is 0 Å². The standard InChI is InChI=1S/C20H19BrN4O2/c21-15-4-3-5-16(12-15)22-19(26)13-27-17-9-7-14(8-10-17)20-24-23-18-6-1-2-11-25(18)20/h3-5,7-10,12H,1-2,6,11,13H2,(H,22,26). The minimum absolute atomic E-state index is 0.0494. The largest absolute Gasteiger partial charge is 0.484 e. The normalized spacial score (nSPS) is 13.1. The molecule has 1 aliphatic rings. The third kappa shape index (κ3) is 4.19. The van der Waals surface area contributed by atoms with Crippen LogP contribution in [0, 0.1) is 0 Å². The van der Waals surface area contributed by atoms with E-state index >= 15 is 0 Å². The van der Waals surface area contributed by atoms with Gasteiger partial charge in [-0.15, -0.1) is 10.2 Å². The first kappa shape index (κ1) is 17.7. The van der Waals surface area contributed by atoms with Crippen molar-refractivity contribution >= 4 is 27.5 Å². The SMILES string of the molecule is O=C(COc1ccc(-c2nnc3n2CCCC3)cc1)Nc1cccc(Br)c1. The molecule has 0 saturated carbocycles. The van der Waals surface area contributed by atoms with Crippen LogP contribution in [0.25, 0.3) is 11.4 Å². The van der Waals surface area contributed by atoms with Crippen LogP contribution in [0.1, 0.15) is 18.7 Å². The van der Waals surface area contributed by atoms with E-state index in [0.717, 1.165) is 46.8 Å². The van der Waals surface area contributed by atoms with Gasteiger partial charge in [-0.1, -0.05) is 22.0 Å². The monoisotopic (exact) mass is 426 g/mol. The fourth-order valence-corrected chi connectivity index (χ4v) is 3.53. The number of fused-ring (bicyclic) bond motifs is 1. The number of carbonyl (C=O) groups excluding carboxylic acids is 1. The van der Waals surface area contributed by atoms with E-state index in [1.807, 2.05) is 48.5 Å². The lowest BCUT2D eigenvalue weighted by atomic mass is 10.1. The van der Waals surface area contributed by atoms with E-state index in [1.165, 1.54) is 6.42 Å². The molecule has 0 spiro atoms. The Morgan fingerprint density at radius 3 is 2.81 bits per heavy atom. The molecule has 0 fully saturated rings. The Kier molecular flexibility index (Phi) is 5.20. The fourth-order valence-electron chi connectivity index (χ4n) is 3.13. The third-order valence-electron chi connectivity index (χ3n) is 4.45. The van der Waals surface area contributed by atoms with Crippen molar-refractivity contribution in [3.8, 4) is 17.1 Å². The first-order chi connectivity index (χ1) is 13.2. The van der Waals surface area contributed by atoms with Gasteiger partial charge in [-0.25, -0.2) is 0 Å². The van der Waals surface area contributed by atoms with Gasteiger partial charge in [0.1, 0.15) is 11.6 Å². The van der Waals surface area contributed by atoms with E-state index in [2.05, 4.69) is 36.0 Å². The van der Waals surface area contributed by atoms with E-state index in [-0.39, 0.29) is 12.5 Å². The molecule has 1 amide bonds. The lowest BCUT2D eigenvalue weighted by Gasteiger charge is -2.14. The number of aryl methyl sites for hydroxylation is 1. The molecule has 0 unspecified atom stereocenters. The first-order valence-electron chi connectivity index (χ1n) is 8.90. The molecule has 0 aliphatic carbocycles. The molecule has 3 aromatic rings. The van der Waals surface area contributed by atoms with Crippen LogP contribution in [0.5, 0.6) is 5.75 Å². The Hall–Kier alpha value is -2.67. The summed E-state index contributed by atoms with van der Waals surface area (Å²) in [6.45, 7) is 0.915. The number of ether oxygens (including phenoxy) is 1. The smallest absolute Gasteiger partial charge is 0.262 e. The van der Waals surface area contributed by atoms with Gasteiger partial charge in [0, 0.05) is 28.7 Å². The Morgan fingerprint density at radius 1 is 1.15 bits per heavy atom. The maximum Gasteiger partial charge on any atom is 0.262 e. The Bertz CT molecular complexity index is 953. The molecule has 0 saturated heterocycles.